The Morgan fingerprint density at radius 1 is 1.41 bits per heavy atom. The van der Waals surface area contributed by atoms with E-state index in [1.165, 1.54) is 17.1 Å². The molecular weight excluding hydrogens is 234 g/mol. The Balaban J connectivity index is 2.07. The van der Waals surface area contributed by atoms with Crippen molar-refractivity contribution in [3.05, 3.63) is 29.8 Å². The van der Waals surface area contributed by atoms with Gasteiger partial charge in [0.15, 0.2) is 5.82 Å². The third-order valence-corrected chi connectivity index (χ3v) is 2.96. The average Bonchev–Trinajstić information content (AvgIpc) is 2.78. The third kappa shape index (κ3) is 3.25. The Bertz CT molecular complexity index is 484. The van der Waals surface area contributed by atoms with Gasteiger partial charge in [0.1, 0.15) is 0 Å². The van der Waals surface area contributed by atoms with E-state index >= 15 is 0 Å². The largest absolute Gasteiger partial charge is 0.383 e. The van der Waals surface area contributed by atoms with Crippen LogP contribution in [-0.4, -0.2) is 29.6 Å². The molecule has 1 aromatic heterocycles. The normalized spacial score (nSPS) is 10.5. The van der Waals surface area contributed by atoms with Crippen LogP contribution < -0.4 is 5.32 Å². The number of aromatic nitrogens is 2. The fourth-order valence-corrected chi connectivity index (χ4v) is 2.07. The summed E-state index contributed by atoms with van der Waals surface area (Å²) in [6.07, 6.45) is 0. The Morgan fingerprint density at radius 3 is 3.06 bits per heavy atom. The first-order chi connectivity index (χ1) is 8.29. The van der Waals surface area contributed by atoms with E-state index in [2.05, 4.69) is 33.7 Å². The maximum atomic E-state index is 4.96. The van der Waals surface area contributed by atoms with Crippen molar-refractivity contribution in [2.24, 2.45) is 0 Å². The molecule has 0 aliphatic heterocycles. The first-order valence-electron chi connectivity index (χ1n) is 5.43. The number of ether oxygens (including phenoxy) is 1. The van der Waals surface area contributed by atoms with E-state index in [1.54, 1.807) is 7.11 Å². The second-order valence-electron chi connectivity index (χ2n) is 3.71. The van der Waals surface area contributed by atoms with Crippen LogP contribution in [0.2, 0.25) is 0 Å². The van der Waals surface area contributed by atoms with E-state index in [1.807, 2.05) is 12.1 Å². The number of rotatable bonds is 5. The minimum absolute atomic E-state index is 0.666. The van der Waals surface area contributed by atoms with Crippen LogP contribution in [0.3, 0.4) is 0 Å². The molecule has 0 bridgehead atoms. The maximum absolute atomic E-state index is 4.96. The lowest BCUT2D eigenvalue weighted by atomic mass is 10.1. The summed E-state index contributed by atoms with van der Waals surface area (Å²) in [7, 11) is 1.68. The van der Waals surface area contributed by atoms with E-state index in [0.29, 0.717) is 6.61 Å². The van der Waals surface area contributed by atoms with Crippen LogP contribution in [0.4, 0.5) is 5.13 Å². The number of benzene rings is 1. The number of nitrogens with zero attached hydrogens (tertiary/aromatic N) is 2. The molecule has 0 aliphatic carbocycles. The summed E-state index contributed by atoms with van der Waals surface area (Å²) in [6.45, 7) is 3.48. The predicted molar refractivity (Wildman–Crippen MR) is 70.4 cm³/mol. The zero-order valence-electron chi connectivity index (χ0n) is 9.93. The van der Waals surface area contributed by atoms with Crippen LogP contribution in [-0.2, 0) is 4.74 Å². The number of anilines is 1. The van der Waals surface area contributed by atoms with Crippen molar-refractivity contribution in [3.63, 3.8) is 0 Å². The SMILES string of the molecule is COCCNc1nc(-c2cccc(C)c2)ns1. The van der Waals surface area contributed by atoms with Crippen molar-refractivity contribution < 1.29 is 4.74 Å². The van der Waals surface area contributed by atoms with E-state index in [-0.39, 0.29) is 0 Å². The number of aryl methyl sites for hydroxylation is 1. The van der Waals surface area contributed by atoms with Crippen molar-refractivity contribution in [1.82, 2.24) is 9.36 Å². The molecule has 5 heteroatoms. The summed E-state index contributed by atoms with van der Waals surface area (Å²) in [5.41, 5.74) is 2.27. The quantitative estimate of drug-likeness (QED) is 0.827. The van der Waals surface area contributed by atoms with Crippen molar-refractivity contribution >= 4 is 16.7 Å². The Morgan fingerprint density at radius 2 is 2.29 bits per heavy atom. The zero-order valence-corrected chi connectivity index (χ0v) is 10.8. The van der Waals surface area contributed by atoms with Crippen LogP contribution >= 0.6 is 11.5 Å². The van der Waals surface area contributed by atoms with Gasteiger partial charge in [0.2, 0.25) is 5.13 Å². The van der Waals surface area contributed by atoms with Crippen LogP contribution in [0.5, 0.6) is 0 Å². The highest BCUT2D eigenvalue weighted by Crippen LogP contribution is 2.21. The Hall–Kier alpha value is -1.46. The first kappa shape index (κ1) is 12.0. The topological polar surface area (TPSA) is 47.0 Å². The molecule has 0 radical (unpaired) electrons. The average molecular weight is 249 g/mol. The monoisotopic (exact) mass is 249 g/mol. The van der Waals surface area contributed by atoms with Gasteiger partial charge in [0.25, 0.3) is 0 Å². The molecule has 0 saturated heterocycles. The lowest BCUT2D eigenvalue weighted by molar-refractivity contribution is 0.211. The van der Waals surface area contributed by atoms with Gasteiger partial charge in [-0.1, -0.05) is 23.8 Å². The minimum Gasteiger partial charge on any atom is -0.383 e. The van der Waals surface area contributed by atoms with Gasteiger partial charge in [-0.2, -0.15) is 9.36 Å². The lowest BCUT2D eigenvalue weighted by Crippen LogP contribution is -2.06. The summed E-state index contributed by atoms with van der Waals surface area (Å²) in [6, 6.07) is 8.19. The van der Waals surface area contributed by atoms with Crippen molar-refractivity contribution in [2.75, 3.05) is 25.6 Å². The molecule has 2 aromatic rings. The molecule has 4 nitrogen and oxygen atoms in total. The highest BCUT2D eigenvalue weighted by atomic mass is 32.1. The number of methoxy groups -OCH3 is 1. The molecule has 90 valence electrons. The Kier molecular flexibility index (Phi) is 4.06. The lowest BCUT2D eigenvalue weighted by Gasteiger charge is -1.99. The summed E-state index contributed by atoms with van der Waals surface area (Å²) in [5, 5.41) is 4.00. The van der Waals surface area contributed by atoms with Crippen LogP contribution in [0.15, 0.2) is 24.3 Å². The van der Waals surface area contributed by atoms with Gasteiger partial charge in [-0.15, -0.1) is 0 Å². The third-order valence-electron chi connectivity index (χ3n) is 2.28. The molecule has 1 heterocycles. The van der Waals surface area contributed by atoms with Crippen molar-refractivity contribution in [1.29, 1.82) is 0 Å². The highest BCUT2D eigenvalue weighted by Gasteiger charge is 2.05. The van der Waals surface area contributed by atoms with Gasteiger partial charge in [-0.3, -0.25) is 0 Å². The van der Waals surface area contributed by atoms with Gasteiger partial charge in [0.05, 0.1) is 6.61 Å². The maximum Gasteiger partial charge on any atom is 0.202 e. The summed E-state index contributed by atoms with van der Waals surface area (Å²) in [5.74, 6) is 0.776. The number of nitrogens with one attached hydrogen (secondary N) is 1. The van der Waals surface area contributed by atoms with Gasteiger partial charge in [-0.25, -0.2) is 0 Å². The molecule has 0 fully saturated rings. The molecule has 2 rings (SSSR count). The second-order valence-corrected chi connectivity index (χ2v) is 4.46. The second kappa shape index (κ2) is 5.75. The van der Waals surface area contributed by atoms with Gasteiger partial charge in [-0.05, 0) is 13.0 Å². The van der Waals surface area contributed by atoms with Crippen molar-refractivity contribution in [2.45, 2.75) is 6.92 Å². The molecule has 0 aliphatic rings. The molecule has 0 unspecified atom stereocenters. The molecule has 0 amide bonds. The molecule has 17 heavy (non-hydrogen) atoms. The highest BCUT2D eigenvalue weighted by molar-refractivity contribution is 7.09. The van der Waals surface area contributed by atoms with Crippen LogP contribution in [0, 0.1) is 6.92 Å². The van der Waals surface area contributed by atoms with E-state index < -0.39 is 0 Å². The van der Waals surface area contributed by atoms with E-state index in [0.717, 1.165) is 23.1 Å². The summed E-state index contributed by atoms with van der Waals surface area (Å²) < 4.78 is 9.30. The molecule has 1 aromatic carbocycles. The molecule has 0 saturated carbocycles. The van der Waals surface area contributed by atoms with Gasteiger partial charge < -0.3 is 10.1 Å². The van der Waals surface area contributed by atoms with E-state index in [9.17, 15) is 0 Å². The fraction of sp³-hybridized carbons (Fsp3) is 0.333. The van der Waals surface area contributed by atoms with Crippen molar-refractivity contribution in [3.8, 4) is 11.4 Å². The summed E-state index contributed by atoms with van der Waals surface area (Å²) >= 11 is 1.37. The number of hydrogen-bond acceptors (Lipinski definition) is 5. The zero-order chi connectivity index (χ0) is 12.1. The number of hydrogen-bond donors (Lipinski definition) is 1. The van der Waals surface area contributed by atoms with Crippen LogP contribution in [0.25, 0.3) is 11.4 Å². The smallest absolute Gasteiger partial charge is 0.202 e. The van der Waals surface area contributed by atoms with Gasteiger partial charge >= 0.3 is 0 Å². The van der Waals surface area contributed by atoms with Gasteiger partial charge in [0, 0.05) is 30.8 Å². The first-order valence-corrected chi connectivity index (χ1v) is 6.20. The minimum atomic E-state index is 0.666. The Labute approximate surface area is 105 Å². The summed E-state index contributed by atoms with van der Waals surface area (Å²) in [4.78, 5) is 4.43. The fourth-order valence-electron chi connectivity index (χ4n) is 1.46. The molecule has 1 N–H and O–H groups in total. The standard InChI is InChI=1S/C12H15N3OS/c1-9-4-3-5-10(8-9)11-14-12(17-15-11)13-6-7-16-2/h3-5,8H,6-7H2,1-2H3,(H,13,14,15). The van der Waals surface area contributed by atoms with E-state index in [4.69, 9.17) is 4.74 Å². The molecule has 0 spiro atoms. The molecular formula is C12H15N3OS. The molecule has 0 atom stereocenters. The predicted octanol–water partition coefficient (Wildman–Crippen LogP) is 2.57. The van der Waals surface area contributed by atoms with Crippen LogP contribution in [0.1, 0.15) is 5.56 Å².